The second kappa shape index (κ2) is 5.37. The fraction of sp³-hybridized carbons (Fsp3) is 0.214. The summed E-state index contributed by atoms with van der Waals surface area (Å²) < 4.78 is 0. The Kier molecular flexibility index (Phi) is 3.99. The Morgan fingerprint density at radius 2 is 1.89 bits per heavy atom. The Balaban J connectivity index is 2.41. The largest absolute Gasteiger partial charge is 0.479 e. The van der Waals surface area contributed by atoms with Gasteiger partial charge < -0.3 is 10.2 Å². The molecule has 2 atom stereocenters. The van der Waals surface area contributed by atoms with E-state index in [0.717, 1.165) is 0 Å². The summed E-state index contributed by atoms with van der Waals surface area (Å²) in [5, 5.41) is 21.0. The predicted molar refractivity (Wildman–Crippen MR) is 74.2 cm³/mol. The molecule has 5 heteroatoms. The van der Waals surface area contributed by atoms with Crippen LogP contribution in [0.3, 0.4) is 0 Å². The van der Waals surface area contributed by atoms with Crippen molar-refractivity contribution >= 4 is 29.2 Å². The number of aliphatic hydroxyl groups is 1. The van der Waals surface area contributed by atoms with Crippen molar-refractivity contribution in [1.82, 2.24) is 0 Å². The van der Waals surface area contributed by atoms with Crippen molar-refractivity contribution in [3.63, 3.8) is 0 Å². The number of halogens is 2. The number of benzene rings is 1. The predicted octanol–water partition coefficient (Wildman–Crippen LogP) is 3.31. The zero-order valence-corrected chi connectivity index (χ0v) is 11.4. The van der Waals surface area contributed by atoms with Crippen LogP contribution in [0.1, 0.15) is 12.0 Å². The molecule has 19 heavy (non-hydrogen) atoms. The first kappa shape index (κ1) is 14.1. The van der Waals surface area contributed by atoms with Gasteiger partial charge in [-0.3, -0.25) is 0 Å². The van der Waals surface area contributed by atoms with E-state index in [1.165, 1.54) is 12.1 Å². The quantitative estimate of drug-likeness (QED) is 0.900. The Morgan fingerprint density at radius 1 is 1.26 bits per heavy atom. The third kappa shape index (κ3) is 2.68. The van der Waals surface area contributed by atoms with E-state index in [1.54, 1.807) is 30.4 Å². The highest BCUT2D eigenvalue weighted by Gasteiger charge is 2.44. The van der Waals surface area contributed by atoms with E-state index in [0.29, 0.717) is 22.0 Å². The Labute approximate surface area is 120 Å². The molecule has 3 nitrogen and oxygen atoms in total. The van der Waals surface area contributed by atoms with E-state index < -0.39 is 17.5 Å². The van der Waals surface area contributed by atoms with E-state index in [-0.39, 0.29) is 0 Å². The van der Waals surface area contributed by atoms with Crippen LogP contribution in [-0.4, -0.2) is 16.2 Å². The molecule has 0 radical (unpaired) electrons. The second-order valence-corrected chi connectivity index (χ2v) is 5.24. The van der Waals surface area contributed by atoms with Crippen molar-refractivity contribution in [1.29, 1.82) is 0 Å². The molecule has 0 amide bonds. The van der Waals surface area contributed by atoms with Crippen LogP contribution < -0.4 is 0 Å². The van der Waals surface area contributed by atoms with Gasteiger partial charge in [0.1, 0.15) is 0 Å². The summed E-state index contributed by atoms with van der Waals surface area (Å²) in [6.45, 7) is 0. The van der Waals surface area contributed by atoms with Crippen molar-refractivity contribution in [2.24, 2.45) is 5.92 Å². The number of carboxylic acids is 1. The van der Waals surface area contributed by atoms with Crippen LogP contribution in [0.2, 0.25) is 5.02 Å². The minimum absolute atomic E-state index is 0.297. The number of carboxylic acid groups (broad SMARTS) is 1. The fourth-order valence-electron chi connectivity index (χ4n) is 2.10. The first-order valence-corrected chi connectivity index (χ1v) is 6.46. The molecular formula is C14H12Cl2O3. The SMILES string of the molecule is O=C(O)C(O)(c1ccc(Cl)cc1)C1C=CC(Cl)=CC1. The van der Waals surface area contributed by atoms with E-state index in [4.69, 9.17) is 23.2 Å². The topological polar surface area (TPSA) is 57.5 Å². The van der Waals surface area contributed by atoms with Gasteiger partial charge in [0, 0.05) is 16.0 Å². The van der Waals surface area contributed by atoms with Gasteiger partial charge in [0.2, 0.25) is 0 Å². The Bertz CT molecular complexity index is 548. The lowest BCUT2D eigenvalue weighted by atomic mass is 9.78. The lowest BCUT2D eigenvalue weighted by Gasteiger charge is -2.31. The highest BCUT2D eigenvalue weighted by Crippen LogP contribution is 2.37. The molecule has 0 heterocycles. The molecule has 2 rings (SSSR count). The third-order valence-electron chi connectivity index (χ3n) is 3.20. The summed E-state index contributed by atoms with van der Waals surface area (Å²) in [6, 6.07) is 6.15. The Morgan fingerprint density at radius 3 is 2.37 bits per heavy atom. The minimum atomic E-state index is -1.99. The van der Waals surface area contributed by atoms with Crippen LogP contribution in [0.25, 0.3) is 0 Å². The molecular weight excluding hydrogens is 287 g/mol. The summed E-state index contributed by atoms with van der Waals surface area (Å²) >= 11 is 11.6. The molecule has 2 unspecified atom stereocenters. The monoisotopic (exact) mass is 298 g/mol. The molecule has 100 valence electrons. The molecule has 0 bridgehead atoms. The number of allylic oxidation sites excluding steroid dienone is 3. The van der Waals surface area contributed by atoms with Gasteiger partial charge >= 0.3 is 5.97 Å². The van der Waals surface area contributed by atoms with Crippen LogP contribution >= 0.6 is 23.2 Å². The van der Waals surface area contributed by atoms with E-state index in [9.17, 15) is 15.0 Å². The standard InChI is InChI=1S/C14H12Cl2O3/c15-11-5-1-9(2-6-11)14(19,13(17)18)10-3-7-12(16)8-4-10/h1-3,5-8,10,19H,4H2,(H,17,18). The van der Waals surface area contributed by atoms with Gasteiger partial charge in [0.25, 0.3) is 0 Å². The van der Waals surface area contributed by atoms with Crippen molar-refractivity contribution < 1.29 is 15.0 Å². The summed E-state index contributed by atoms with van der Waals surface area (Å²) in [5.41, 5.74) is -1.69. The van der Waals surface area contributed by atoms with Crippen LogP contribution in [0.4, 0.5) is 0 Å². The molecule has 0 spiro atoms. The maximum Gasteiger partial charge on any atom is 0.341 e. The summed E-state index contributed by atoms with van der Waals surface area (Å²) in [7, 11) is 0. The third-order valence-corrected chi connectivity index (χ3v) is 3.73. The molecule has 0 saturated heterocycles. The van der Waals surface area contributed by atoms with Crippen molar-refractivity contribution in [3.8, 4) is 0 Å². The average molecular weight is 299 g/mol. The second-order valence-electron chi connectivity index (χ2n) is 4.37. The number of hydrogen-bond acceptors (Lipinski definition) is 2. The molecule has 2 N–H and O–H groups in total. The first-order chi connectivity index (χ1) is 8.94. The zero-order chi connectivity index (χ0) is 14.0. The molecule has 1 aromatic rings. The van der Waals surface area contributed by atoms with Gasteiger partial charge in [-0.2, -0.15) is 0 Å². The van der Waals surface area contributed by atoms with Gasteiger partial charge in [-0.1, -0.05) is 47.5 Å². The van der Waals surface area contributed by atoms with E-state index in [2.05, 4.69) is 0 Å². The fourth-order valence-corrected chi connectivity index (χ4v) is 2.39. The van der Waals surface area contributed by atoms with Gasteiger partial charge in [-0.25, -0.2) is 4.79 Å². The lowest BCUT2D eigenvalue weighted by molar-refractivity contribution is -0.164. The molecule has 0 aliphatic heterocycles. The number of hydrogen-bond donors (Lipinski definition) is 2. The smallest absolute Gasteiger partial charge is 0.341 e. The maximum atomic E-state index is 11.5. The van der Waals surface area contributed by atoms with Crippen molar-refractivity contribution in [3.05, 3.63) is 58.1 Å². The normalized spacial score (nSPS) is 21.6. The highest BCUT2D eigenvalue weighted by atomic mass is 35.5. The van der Waals surface area contributed by atoms with Gasteiger partial charge in [-0.05, 0) is 30.2 Å². The van der Waals surface area contributed by atoms with Gasteiger partial charge in [0.15, 0.2) is 5.60 Å². The summed E-state index contributed by atoms with van der Waals surface area (Å²) in [5.74, 6) is -1.87. The van der Waals surface area contributed by atoms with Crippen molar-refractivity contribution in [2.75, 3.05) is 0 Å². The lowest BCUT2D eigenvalue weighted by Crippen LogP contribution is -2.42. The van der Waals surface area contributed by atoms with Crippen LogP contribution in [0, 0.1) is 5.92 Å². The molecule has 1 aromatic carbocycles. The maximum absolute atomic E-state index is 11.5. The van der Waals surface area contributed by atoms with Gasteiger partial charge in [0.05, 0.1) is 0 Å². The van der Waals surface area contributed by atoms with E-state index in [1.807, 2.05) is 0 Å². The average Bonchev–Trinajstić information content (AvgIpc) is 2.39. The highest BCUT2D eigenvalue weighted by molar-refractivity contribution is 6.31. The van der Waals surface area contributed by atoms with Gasteiger partial charge in [-0.15, -0.1) is 0 Å². The minimum Gasteiger partial charge on any atom is -0.479 e. The molecule has 1 aliphatic carbocycles. The van der Waals surface area contributed by atoms with Crippen LogP contribution in [0.15, 0.2) is 47.5 Å². The molecule has 0 saturated carbocycles. The Hall–Kier alpha value is -1.29. The molecule has 0 aromatic heterocycles. The zero-order valence-electron chi connectivity index (χ0n) is 9.88. The number of carbonyl (C=O) groups is 1. The molecule has 1 aliphatic rings. The molecule has 0 fully saturated rings. The van der Waals surface area contributed by atoms with Crippen molar-refractivity contribution in [2.45, 2.75) is 12.0 Å². The van der Waals surface area contributed by atoms with Crippen LogP contribution in [0.5, 0.6) is 0 Å². The summed E-state index contributed by atoms with van der Waals surface area (Å²) in [4.78, 5) is 11.5. The number of rotatable bonds is 3. The summed E-state index contributed by atoms with van der Waals surface area (Å²) in [6.07, 6.45) is 5.27. The number of aliphatic carboxylic acids is 1. The first-order valence-electron chi connectivity index (χ1n) is 5.70. The van der Waals surface area contributed by atoms with Crippen LogP contribution in [-0.2, 0) is 10.4 Å². The van der Waals surface area contributed by atoms with E-state index >= 15 is 0 Å².